The lowest BCUT2D eigenvalue weighted by Crippen LogP contribution is -2.05. The Hall–Kier alpha value is -1.81. The van der Waals surface area contributed by atoms with Crippen molar-refractivity contribution in [1.82, 2.24) is 9.97 Å². The minimum absolute atomic E-state index is 0.0560. The summed E-state index contributed by atoms with van der Waals surface area (Å²) in [5.41, 5.74) is 1.74. The SMILES string of the molecule is CCc1[nH]c(C(OC)c2ccccc2)nc1O. The van der Waals surface area contributed by atoms with E-state index in [-0.39, 0.29) is 12.0 Å². The molecule has 1 atom stereocenters. The number of aryl methyl sites for hydroxylation is 1. The zero-order valence-electron chi connectivity index (χ0n) is 9.97. The second-order valence-corrected chi connectivity index (χ2v) is 3.80. The lowest BCUT2D eigenvalue weighted by molar-refractivity contribution is 0.129. The van der Waals surface area contributed by atoms with Crippen molar-refractivity contribution >= 4 is 0 Å². The van der Waals surface area contributed by atoms with Crippen molar-refractivity contribution in [1.29, 1.82) is 0 Å². The van der Waals surface area contributed by atoms with Crippen LogP contribution in [0.5, 0.6) is 5.88 Å². The van der Waals surface area contributed by atoms with Crippen molar-refractivity contribution in [3.05, 3.63) is 47.4 Å². The molecule has 2 aromatic rings. The average Bonchev–Trinajstić information content (AvgIpc) is 2.73. The Labute approximate surface area is 100 Å². The Kier molecular flexibility index (Phi) is 3.44. The first-order chi connectivity index (χ1) is 8.26. The zero-order valence-corrected chi connectivity index (χ0v) is 9.97. The Balaban J connectivity index is 2.35. The van der Waals surface area contributed by atoms with E-state index in [0.717, 1.165) is 11.3 Å². The molecule has 2 N–H and O–H groups in total. The smallest absolute Gasteiger partial charge is 0.232 e. The van der Waals surface area contributed by atoms with E-state index in [4.69, 9.17) is 4.74 Å². The molecule has 0 aliphatic heterocycles. The Morgan fingerprint density at radius 1 is 1.35 bits per heavy atom. The predicted molar refractivity (Wildman–Crippen MR) is 64.9 cm³/mol. The van der Waals surface area contributed by atoms with E-state index in [1.54, 1.807) is 7.11 Å². The van der Waals surface area contributed by atoms with Crippen LogP contribution < -0.4 is 0 Å². The summed E-state index contributed by atoms with van der Waals surface area (Å²) in [6.45, 7) is 1.96. The molecule has 17 heavy (non-hydrogen) atoms. The molecule has 0 aliphatic carbocycles. The molecule has 0 spiro atoms. The van der Waals surface area contributed by atoms with Gasteiger partial charge in [0.25, 0.3) is 0 Å². The predicted octanol–water partition coefficient (Wildman–Crippen LogP) is 2.41. The molecule has 0 aliphatic rings. The number of H-pyrrole nitrogens is 1. The van der Waals surface area contributed by atoms with Gasteiger partial charge in [-0.3, -0.25) is 0 Å². The molecule has 90 valence electrons. The minimum Gasteiger partial charge on any atom is -0.492 e. The number of nitrogens with one attached hydrogen (secondary N) is 1. The molecule has 1 unspecified atom stereocenters. The number of hydrogen-bond donors (Lipinski definition) is 2. The third-order valence-electron chi connectivity index (χ3n) is 2.72. The average molecular weight is 232 g/mol. The number of aromatic hydroxyl groups is 1. The van der Waals surface area contributed by atoms with Crippen LogP contribution >= 0.6 is 0 Å². The quantitative estimate of drug-likeness (QED) is 0.851. The monoisotopic (exact) mass is 232 g/mol. The van der Waals surface area contributed by atoms with Crippen LogP contribution in [0.15, 0.2) is 30.3 Å². The van der Waals surface area contributed by atoms with E-state index in [2.05, 4.69) is 9.97 Å². The van der Waals surface area contributed by atoms with Gasteiger partial charge in [0.15, 0.2) is 0 Å². The van der Waals surface area contributed by atoms with Gasteiger partial charge in [-0.05, 0) is 12.0 Å². The van der Waals surface area contributed by atoms with E-state index in [1.807, 2.05) is 37.3 Å². The topological polar surface area (TPSA) is 58.1 Å². The highest BCUT2D eigenvalue weighted by molar-refractivity contribution is 5.27. The molecular formula is C13H16N2O2. The van der Waals surface area contributed by atoms with Crippen molar-refractivity contribution in [3.63, 3.8) is 0 Å². The van der Waals surface area contributed by atoms with Gasteiger partial charge in [-0.15, -0.1) is 0 Å². The fraction of sp³-hybridized carbons (Fsp3) is 0.308. The van der Waals surface area contributed by atoms with E-state index in [0.29, 0.717) is 12.2 Å². The Bertz CT molecular complexity index is 479. The van der Waals surface area contributed by atoms with Crippen LogP contribution in [0.4, 0.5) is 0 Å². The van der Waals surface area contributed by atoms with Crippen LogP contribution in [0.3, 0.4) is 0 Å². The summed E-state index contributed by atoms with van der Waals surface area (Å²) in [4.78, 5) is 7.20. The van der Waals surface area contributed by atoms with Gasteiger partial charge in [0.1, 0.15) is 11.9 Å². The van der Waals surface area contributed by atoms with Crippen LogP contribution in [0, 0.1) is 0 Å². The molecule has 4 nitrogen and oxygen atoms in total. The van der Waals surface area contributed by atoms with E-state index >= 15 is 0 Å². The third-order valence-corrected chi connectivity index (χ3v) is 2.72. The number of nitrogens with zero attached hydrogens (tertiary/aromatic N) is 1. The third kappa shape index (κ3) is 2.31. The van der Waals surface area contributed by atoms with Crippen LogP contribution in [-0.2, 0) is 11.2 Å². The maximum atomic E-state index is 9.62. The number of aromatic amines is 1. The van der Waals surface area contributed by atoms with Gasteiger partial charge in [-0.2, -0.15) is 4.98 Å². The summed E-state index contributed by atoms with van der Waals surface area (Å²) in [5.74, 6) is 0.688. The number of rotatable bonds is 4. The standard InChI is InChI=1S/C13H16N2O2/c1-3-10-13(16)15-12(14-10)11(17-2)9-7-5-4-6-8-9/h4-8,11,16H,3H2,1-2H3,(H,14,15). The van der Waals surface area contributed by atoms with Gasteiger partial charge < -0.3 is 14.8 Å². The second-order valence-electron chi connectivity index (χ2n) is 3.80. The molecule has 0 fully saturated rings. The molecule has 0 saturated heterocycles. The van der Waals surface area contributed by atoms with Gasteiger partial charge >= 0.3 is 0 Å². The summed E-state index contributed by atoms with van der Waals surface area (Å²) in [5, 5.41) is 9.62. The van der Waals surface area contributed by atoms with E-state index in [9.17, 15) is 5.11 Å². The van der Waals surface area contributed by atoms with Crippen LogP contribution in [0.1, 0.15) is 30.1 Å². The summed E-state index contributed by atoms with van der Waals surface area (Å²) < 4.78 is 5.43. The fourth-order valence-corrected chi connectivity index (χ4v) is 1.82. The molecule has 0 saturated carbocycles. The highest BCUT2D eigenvalue weighted by Gasteiger charge is 2.18. The van der Waals surface area contributed by atoms with Crippen LogP contribution in [0.2, 0.25) is 0 Å². The Morgan fingerprint density at radius 2 is 2.06 bits per heavy atom. The highest BCUT2D eigenvalue weighted by Crippen LogP contribution is 2.26. The van der Waals surface area contributed by atoms with Gasteiger partial charge in [-0.1, -0.05) is 37.3 Å². The van der Waals surface area contributed by atoms with Crippen LogP contribution in [-0.4, -0.2) is 22.2 Å². The molecule has 1 aromatic carbocycles. The summed E-state index contributed by atoms with van der Waals surface area (Å²) >= 11 is 0. The number of aromatic nitrogens is 2. The maximum Gasteiger partial charge on any atom is 0.232 e. The number of hydrogen-bond acceptors (Lipinski definition) is 3. The van der Waals surface area contributed by atoms with Crippen molar-refractivity contribution in [2.75, 3.05) is 7.11 Å². The van der Waals surface area contributed by atoms with Gasteiger partial charge in [0.2, 0.25) is 5.88 Å². The van der Waals surface area contributed by atoms with Crippen LogP contribution in [0.25, 0.3) is 0 Å². The zero-order chi connectivity index (χ0) is 12.3. The summed E-state index contributed by atoms with van der Waals surface area (Å²) in [7, 11) is 1.63. The molecule has 0 bridgehead atoms. The normalized spacial score (nSPS) is 12.6. The first kappa shape index (κ1) is 11.7. The van der Waals surface area contributed by atoms with Gasteiger partial charge in [0, 0.05) is 7.11 Å². The molecular weight excluding hydrogens is 216 g/mol. The number of methoxy groups -OCH3 is 1. The lowest BCUT2D eigenvalue weighted by atomic mass is 10.1. The largest absolute Gasteiger partial charge is 0.492 e. The minimum atomic E-state index is -0.276. The summed E-state index contributed by atoms with van der Waals surface area (Å²) in [6, 6.07) is 9.79. The molecule has 4 heteroatoms. The Morgan fingerprint density at radius 3 is 2.59 bits per heavy atom. The fourth-order valence-electron chi connectivity index (χ4n) is 1.82. The number of ether oxygens (including phenoxy) is 1. The van der Waals surface area contributed by atoms with Crippen molar-refractivity contribution < 1.29 is 9.84 Å². The molecule has 1 aromatic heterocycles. The van der Waals surface area contributed by atoms with Crippen molar-refractivity contribution in [3.8, 4) is 5.88 Å². The number of benzene rings is 1. The highest BCUT2D eigenvalue weighted by atomic mass is 16.5. The second kappa shape index (κ2) is 5.01. The van der Waals surface area contributed by atoms with Crippen molar-refractivity contribution in [2.24, 2.45) is 0 Å². The van der Waals surface area contributed by atoms with E-state index < -0.39 is 0 Å². The van der Waals surface area contributed by atoms with E-state index in [1.165, 1.54) is 0 Å². The molecule has 0 amide bonds. The first-order valence-electron chi connectivity index (χ1n) is 5.61. The van der Waals surface area contributed by atoms with Gasteiger partial charge in [-0.25, -0.2) is 0 Å². The summed E-state index contributed by atoms with van der Waals surface area (Å²) in [6.07, 6.45) is 0.437. The van der Waals surface area contributed by atoms with Crippen molar-refractivity contribution in [2.45, 2.75) is 19.4 Å². The lowest BCUT2D eigenvalue weighted by Gasteiger charge is -2.12. The number of imidazole rings is 1. The first-order valence-corrected chi connectivity index (χ1v) is 5.61. The molecule has 2 rings (SSSR count). The molecule has 1 heterocycles. The molecule has 0 radical (unpaired) electrons. The maximum absolute atomic E-state index is 9.62. The van der Waals surface area contributed by atoms with Gasteiger partial charge in [0.05, 0.1) is 5.69 Å².